The second-order valence-electron chi connectivity index (χ2n) is 0. The maximum absolute atomic E-state index is 8.39. The first-order valence-corrected chi connectivity index (χ1v) is 3.29. The van der Waals surface area contributed by atoms with Crippen LogP contribution in [0, 0.1) is 0 Å². The van der Waals surface area contributed by atoms with Crippen molar-refractivity contribution in [3.8, 4) is 0 Å². The number of rotatable bonds is 0. The van der Waals surface area contributed by atoms with E-state index in [4.69, 9.17) is 6.39 Å². The van der Waals surface area contributed by atoms with Crippen LogP contribution in [0.25, 0.3) is 0 Å². The van der Waals surface area contributed by atoms with Crippen LogP contribution in [0.1, 0.15) is 0 Å². The Balaban J connectivity index is 0. The van der Waals surface area contributed by atoms with Gasteiger partial charge in [0.2, 0.25) is 0 Å². The van der Waals surface area contributed by atoms with Crippen molar-refractivity contribution in [2.75, 3.05) is 0 Å². The minimum atomic E-state index is 0.0556. The predicted octanol–water partition coefficient (Wildman–Crippen LogP) is -0.889. The molecule has 2 nitrogen and oxygen atoms in total. The van der Waals surface area contributed by atoms with Crippen LogP contribution in [0.2, 0.25) is 0 Å². The van der Waals surface area contributed by atoms with Crippen LogP contribution in [0.5, 0.6) is 0 Å². The standard InChI is InChI=1S/Bi.2O.Zn.H. The molecule has 0 N–H and O–H groups in total. The fourth-order valence-electron chi connectivity index (χ4n) is 0. The van der Waals surface area contributed by atoms with Gasteiger partial charge >= 0.3 is 49.4 Å². The van der Waals surface area contributed by atoms with Crippen LogP contribution in [-0.2, 0) is 24.6 Å². The molecule has 0 aliphatic rings. The molecule has 0 saturated carbocycles. The molecule has 0 radical (unpaired) electrons. The van der Waals surface area contributed by atoms with E-state index in [9.17, 15) is 0 Å². The molecule has 0 aliphatic heterocycles. The Morgan fingerprint density at radius 2 is 1.25 bits per heavy atom. The molecule has 0 amide bonds. The van der Waals surface area contributed by atoms with Gasteiger partial charge in [0.25, 0.3) is 0 Å². The van der Waals surface area contributed by atoms with Gasteiger partial charge in [0.15, 0.2) is 0 Å². The van der Waals surface area contributed by atoms with Gasteiger partial charge in [-0.25, -0.2) is 0 Å². The van der Waals surface area contributed by atoms with Crippen LogP contribution in [0.4, 0.5) is 0 Å². The molecule has 0 spiro atoms. The fraction of sp³-hybridized carbons (Fsp3) is 0. The molecular formula is HBiO2Zn. The first kappa shape index (κ1) is 8.92. The molecule has 0 bridgehead atoms. The van der Waals surface area contributed by atoms with Gasteiger partial charge < -0.3 is 0 Å². The van der Waals surface area contributed by atoms with Crippen molar-refractivity contribution >= 4 is 24.7 Å². The topological polar surface area (TPSA) is 34.1 Å². The quantitative estimate of drug-likeness (QED) is 0.544. The zero-order chi connectivity index (χ0) is 4.00. The fourth-order valence-corrected chi connectivity index (χ4v) is 0. The van der Waals surface area contributed by atoms with E-state index in [-0.39, 0.29) is 43.0 Å². The van der Waals surface area contributed by atoms with Gasteiger partial charge in [-0.2, -0.15) is 0 Å². The van der Waals surface area contributed by atoms with Gasteiger partial charge in [0, 0.05) is 0 Å². The van der Waals surface area contributed by atoms with Crippen molar-refractivity contribution in [1.82, 2.24) is 0 Å². The van der Waals surface area contributed by atoms with Crippen molar-refractivity contribution in [3.63, 3.8) is 0 Å². The monoisotopic (exact) mass is 306 g/mol. The van der Waals surface area contributed by atoms with E-state index in [2.05, 4.69) is 0 Å². The summed E-state index contributed by atoms with van der Waals surface area (Å²) in [7, 11) is 0. The normalized spacial score (nSPS) is 2.50. The van der Waals surface area contributed by atoms with Crippen LogP contribution in [-0.4, -0.2) is 24.7 Å². The maximum atomic E-state index is 8.39. The molecule has 0 unspecified atom stereocenters. The second-order valence-corrected chi connectivity index (χ2v) is 0. The number of hydrogen-bond acceptors (Lipinski definition) is 2. The van der Waals surface area contributed by atoms with Crippen molar-refractivity contribution in [3.05, 3.63) is 0 Å². The summed E-state index contributed by atoms with van der Waals surface area (Å²) in [6.07, 6.45) is 0. The van der Waals surface area contributed by atoms with Gasteiger partial charge in [-0.3, -0.25) is 0 Å². The molecule has 0 atom stereocenters. The number of hydrogen-bond donors (Lipinski definition) is 0. The third-order valence-electron chi connectivity index (χ3n) is 0. The Morgan fingerprint density at radius 3 is 1.25 bits per heavy atom. The van der Waals surface area contributed by atoms with E-state index in [1.165, 1.54) is 0 Å². The van der Waals surface area contributed by atoms with Gasteiger partial charge in [-0.1, -0.05) is 0 Å². The van der Waals surface area contributed by atoms with Gasteiger partial charge in [-0.15, -0.1) is 0 Å². The summed E-state index contributed by atoms with van der Waals surface area (Å²) >= 11 is 0.181. The summed E-state index contributed by atoms with van der Waals surface area (Å²) in [5, 5.41) is 0. The molecule has 0 aromatic heterocycles. The zero-order valence-corrected chi connectivity index (χ0v) is 8.88. The van der Waals surface area contributed by atoms with E-state index in [0.29, 0.717) is 0 Å². The molecule has 0 aliphatic carbocycles. The second kappa shape index (κ2) is 32.4. The minimum absolute atomic E-state index is 0.0556. The average Bonchev–Trinajstić information content (AvgIpc) is 1.50. The summed E-state index contributed by atoms with van der Waals surface area (Å²) in [6, 6.07) is 0. The van der Waals surface area contributed by atoms with E-state index in [1.807, 2.05) is 0 Å². The molecule has 0 aromatic carbocycles. The molecule has 0 rings (SSSR count). The van der Waals surface area contributed by atoms with Crippen LogP contribution >= 0.6 is 0 Å². The van der Waals surface area contributed by atoms with E-state index < -0.39 is 0 Å². The van der Waals surface area contributed by atoms with Crippen molar-refractivity contribution in [2.45, 2.75) is 0 Å². The van der Waals surface area contributed by atoms with Crippen molar-refractivity contribution in [1.29, 1.82) is 0 Å². The summed E-state index contributed by atoms with van der Waals surface area (Å²) in [5.41, 5.74) is 0. The Labute approximate surface area is 49.2 Å². The van der Waals surface area contributed by atoms with E-state index in [1.54, 1.807) is 0 Å². The van der Waals surface area contributed by atoms with Crippen LogP contribution in [0.3, 0.4) is 0 Å². The molecule has 0 aromatic rings. The third kappa shape index (κ3) is 11.3. The predicted molar refractivity (Wildman–Crippen MR) is 8.52 cm³/mol. The zero-order valence-electron chi connectivity index (χ0n) is 2.02. The van der Waals surface area contributed by atoms with Crippen LogP contribution in [0.15, 0.2) is 0 Å². The third-order valence-corrected chi connectivity index (χ3v) is 0. The summed E-state index contributed by atoms with van der Waals surface area (Å²) in [4.78, 5) is 0. The average molecular weight is 307 g/mol. The molecule has 0 fully saturated rings. The van der Waals surface area contributed by atoms with Gasteiger partial charge in [-0.05, 0) is 0 Å². The summed E-state index contributed by atoms with van der Waals surface area (Å²) < 4.78 is 16.8. The van der Waals surface area contributed by atoms with E-state index in [0.717, 1.165) is 0 Å². The first-order valence-electron chi connectivity index (χ1n) is 0.493. The molecular weight excluding hydrogens is 306 g/mol. The van der Waals surface area contributed by atoms with Crippen molar-refractivity contribution < 1.29 is 24.6 Å². The summed E-state index contributed by atoms with van der Waals surface area (Å²) in [6.45, 7) is 0. The van der Waals surface area contributed by atoms with Gasteiger partial charge in [0.05, 0.1) is 0 Å². The van der Waals surface area contributed by atoms with Crippen LogP contribution < -0.4 is 0 Å². The SMILES string of the molecule is [O]=[BiH].[O]=[Zn]. The first-order chi connectivity index (χ1) is 2.00. The Morgan fingerprint density at radius 1 is 1.25 bits per heavy atom. The molecule has 0 saturated heterocycles. The Kier molecular flexibility index (Phi) is 72.2. The summed E-state index contributed by atoms with van der Waals surface area (Å²) in [5.74, 6) is 0. The van der Waals surface area contributed by atoms with E-state index >= 15 is 0 Å². The van der Waals surface area contributed by atoms with Gasteiger partial charge in [0.1, 0.15) is 0 Å². The Bertz CT molecular complexity index is 8.00. The molecule has 20 valence electrons. The molecule has 4 heavy (non-hydrogen) atoms. The van der Waals surface area contributed by atoms with Crippen molar-refractivity contribution in [2.24, 2.45) is 0 Å². The molecule has 0 heterocycles. The Hall–Kier alpha value is 1.11. The molecule has 4 heteroatoms.